The summed E-state index contributed by atoms with van der Waals surface area (Å²) in [6, 6.07) is 0.154. The third kappa shape index (κ3) is 4.14. The average Bonchev–Trinajstić information content (AvgIpc) is 2.23. The fourth-order valence-corrected chi connectivity index (χ4v) is 1.65. The number of carbonyl (C=O) groups is 1. The molecule has 112 valence electrons. The predicted octanol–water partition coefficient (Wildman–Crippen LogP) is 4.12. The van der Waals surface area contributed by atoms with Crippen LogP contribution in [-0.2, 0) is 12.1 Å². The molecule has 0 N–H and O–H groups in total. The van der Waals surface area contributed by atoms with Crippen molar-refractivity contribution in [3.05, 3.63) is 22.9 Å². The second-order valence-corrected chi connectivity index (χ2v) is 3.89. The topological polar surface area (TPSA) is 39.2 Å². The van der Waals surface area contributed by atoms with Crippen LogP contribution in [-0.4, -0.2) is 16.6 Å². The molecule has 0 fully saturated rings. The number of carbonyl (C=O) groups excluding carboxylic acids is 1. The van der Waals surface area contributed by atoms with Crippen molar-refractivity contribution in [3.8, 4) is 5.88 Å². The zero-order valence-corrected chi connectivity index (χ0v) is 10.6. The molecule has 0 aliphatic carbocycles. The van der Waals surface area contributed by atoms with Gasteiger partial charge in [0.1, 0.15) is 0 Å². The molecule has 0 saturated heterocycles. The minimum absolute atomic E-state index is 0.154. The first-order valence-corrected chi connectivity index (χ1v) is 5.49. The van der Waals surface area contributed by atoms with E-state index in [1.807, 2.05) is 0 Å². The van der Waals surface area contributed by atoms with Crippen molar-refractivity contribution in [1.82, 2.24) is 4.98 Å². The van der Waals surface area contributed by atoms with Crippen molar-refractivity contribution >= 4 is 28.4 Å². The van der Waals surface area contributed by atoms with Gasteiger partial charge in [0, 0.05) is 6.07 Å². The van der Waals surface area contributed by atoms with E-state index in [0.717, 1.165) is 0 Å². The third-order valence-electron chi connectivity index (χ3n) is 1.91. The maximum absolute atomic E-state index is 12.8. The summed E-state index contributed by atoms with van der Waals surface area (Å²) < 4.78 is 77.6. The lowest BCUT2D eigenvalue weighted by atomic mass is 10.1. The van der Waals surface area contributed by atoms with E-state index in [-0.39, 0.29) is 6.07 Å². The second-order valence-electron chi connectivity index (χ2n) is 3.28. The van der Waals surface area contributed by atoms with Gasteiger partial charge in [-0.3, -0.25) is 4.79 Å². The molecular weight excluding hydrogens is 339 g/mol. The molecular formula is C9H3Cl2F6NO2. The highest BCUT2D eigenvalue weighted by atomic mass is 35.5. The van der Waals surface area contributed by atoms with Gasteiger partial charge in [0.05, 0.1) is 22.7 Å². The molecule has 0 saturated carbocycles. The third-order valence-corrected chi connectivity index (χ3v) is 2.37. The number of alkyl halides is 7. The minimum atomic E-state index is -5.19. The average molecular weight is 342 g/mol. The summed E-state index contributed by atoms with van der Waals surface area (Å²) in [7, 11) is 0. The first-order chi connectivity index (χ1) is 8.95. The summed E-state index contributed by atoms with van der Waals surface area (Å²) in [5.74, 6) is -2.15. The maximum atomic E-state index is 12.8. The number of aromatic nitrogens is 1. The normalized spacial score (nSPS) is 12.4. The summed E-state index contributed by atoms with van der Waals surface area (Å²) in [6.07, 6.45) is -10.3. The highest BCUT2D eigenvalue weighted by molar-refractivity contribution is 6.68. The molecule has 0 bridgehead atoms. The van der Waals surface area contributed by atoms with Gasteiger partial charge in [0.15, 0.2) is 0 Å². The van der Waals surface area contributed by atoms with Crippen LogP contribution in [0.4, 0.5) is 26.3 Å². The molecule has 0 spiro atoms. The van der Waals surface area contributed by atoms with Crippen LogP contribution in [0.5, 0.6) is 5.88 Å². The largest absolute Gasteiger partial charge is 0.574 e. The van der Waals surface area contributed by atoms with E-state index in [0.29, 0.717) is 0 Å². The number of hydrogen-bond donors (Lipinski definition) is 0. The highest BCUT2D eigenvalue weighted by Gasteiger charge is 2.40. The Morgan fingerprint density at radius 2 is 1.80 bits per heavy atom. The molecule has 0 radical (unpaired) electrons. The van der Waals surface area contributed by atoms with Crippen LogP contribution in [0.3, 0.4) is 0 Å². The zero-order valence-electron chi connectivity index (χ0n) is 9.07. The van der Waals surface area contributed by atoms with E-state index in [1.165, 1.54) is 0 Å². The van der Waals surface area contributed by atoms with Crippen molar-refractivity contribution in [1.29, 1.82) is 0 Å². The molecule has 1 rings (SSSR count). The lowest BCUT2D eigenvalue weighted by Crippen LogP contribution is -2.21. The Kier molecular flexibility index (Phi) is 4.75. The minimum Gasteiger partial charge on any atom is -0.388 e. The molecule has 1 aromatic heterocycles. The van der Waals surface area contributed by atoms with Crippen molar-refractivity contribution in [2.45, 2.75) is 18.4 Å². The molecule has 0 unspecified atom stereocenters. The Morgan fingerprint density at radius 1 is 1.25 bits per heavy atom. The molecule has 0 aromatic carbocycles. The molecule has 1 heterocycles. The lowest BCUT2D eigenvalue weighted by Gasteiger charge is -2.16. The quantitative estimate of drug-likeness (QED) is 0.471. The number of nitrogens with zero attached hydrogens (tertiary/aromatic N) is 1. The van der Waals surface area contributed by atoms with E-state index in [2.05, 4.69) is 9.72 Å². The van der Waals surface area contributed by atoms with Gasteiger partial charge in [0.2, 0.25) is 5.88 Å². The fourth-order valence-electron chi connectivity index (χ4n) is 1.31. The fraction of sp³-hybridized carbons (Fsp3) is 0.333. The van der Waals surface area contributed by atoms with Crippen molar-refractivity contribution in [3.63, 3.8) is 0 Å². The second kappa shape index (κ2) is 5.65. The van der Waals surface area contributed by atoms with Gasteiger partial charge < -0.3 is 4.74 Å². The van der Waals surface area contributed by atoms with Crippen LogP contribution in [0.1, 0.15) is 21.6 Å². The Balaban J connectivity index is 3.51. The van der Waals surface area contributed by atoms with Gasteiger partial charge in [-0.1, -0.05) is 0 Å². The number of rotatable bonds is 3. The highest BCUT2D eigenvalue weighted by Crippen LogP contribution is 2.37. The molecule has 3 nitrogen and oxygen atoms in total. The van der Waals surface area contributed by atoms with Gasteiger partial charge in [-0.25, -0.2) is 4.98 Å². The Labute approximate surface area is 117 Å². The molecule has 0 aliphatic rings. The van der Waals surface area contributed by atoms with E-state index < -0.39 is 46.4 Å². The van der Waals surface area contributed by atoms with E-state index >= 15 is 0 Å². The van der Waals surface area contributed by atoms with E-state index in [9.17, 15) is 31.1 Å². The van der Waals surface area contributed by atoms with Crippen molar-refractivity contribution in [2.24, 2.45) is 0 Å². The van der Waals surface area contributed by atoms with Gasteiger partial charge in [-0.2, -0.15) is 13.2 Å². The Hall–Kier alpha value is -1.22. The van der Waals surface area contributed by atoms with E-state index in [4.69, 9.17) is 23.2 Å². The summed E-state index contributed by atoms with van der Waals surface area (Å²) in [5, 5.41) is -1.61. The Bertz CT molecular complexity index is 528. The van der Waals surface area contributed by atoms with Gasteiger partial charge in [-0.15, -0.1) is 24.8 Å². The van der Waals surface area contributed by atoms with Crippen LogP contribution in [0, 0.1) is 0 Å². The van der Waals surface area contributed by atoms with Gasteiger partial charge in [-0.05, 0) is 11.6 Å². The van der Waals surface area contributed by atoms with Crippen LogP contribution in [0.15, 0.2) is 6.07 Å². The molecule has 1 aromatic rings. The first-order valence-electron chi connectivity index (χ1n) is 4.58. The molecule has 0 aliphatic heterocycles. The molecule has 11 heteroatoms. The summed E-state index contributed by atoms with van der Waals surface area (Å²) in [6.45, 7) is 0. The number of hydrogen-bond acceptors (Lipinski definition) is 3. The number of halogens is 8. The van der Waals surface area contributed by atoms with Gasteiger partial charge >= 0.3 is 12.5 Å². The zero-order chi connectivity index (χ0) is 15.7. The van der Waals surface area contributed by atoms with Crippen LogP contribution < -0.4 is 4.74 Å². The predicted molar refractivity (Wildman–Crippen MR) is 55.7 cm³/mol. The molecule has 0 atom stereocenters. The number of ether oxygens (including phenoxy) is 1. The summed E-state index contributed by atoms with van der Waals surface area (Å²) in [4.78, 5) is 13.9. The van der Waals surface area contributed by atoms with Crippen molar-refractivity contribution in [2.75, 3.05) is 0 Å². The molecule has 20 heavy (non-hydrogen) atoms. The molecule has 0 amide bonds. The van der Waals surface area contributed by atoms with Crippen LogP contribution in [0.2, 0.25) is 0 Å². The van der Waals surface area contributed by atoms with Gasteiger partial charge in [0.25, 0.3) is 5.24 Å². The Morgan fingerprint density at radius 3 is 2.15 bits per heavy atom. The van der Waals surface area contributed by atoms with E-state index in [1.54, 1.807) is 0 Å². The maximum Gasteiger partial charge on any atom is 0.574 e. The van der Waals surface area contributed by atoms with Crippen molar-refractivity contribution < 1.29 is 35.9 Å². The lowest BCUT2D eigenvalue weighted by molar-refractivity contribution is -0.276. The van der Waals surface area contributed by atoms with Crippen LogP contribution in [0.25, 0.3) is 0 Å². The standard InChI is InChI=1S/C9H3Cl2F6NO2/c10-2-4-6(8(12,13)14)3(7(11)19)1-5(18-4)20-9(15,16)17/h1H,2H2. The summed E-state index contributed by atoms with van der Waals surface area (Å²) in [5.41, 5.74) is -3.81. The first kappa shape index (κ1) is 16.8. The SMILES string of the molecule is O=C(Cl)c1cc(OC(F)(F)F)nc(CCl)c1C(F)(F)F. The monoisotopic (exact) mass is 341 g/mol. The smallest absolute Gasteiger partial charge is 0.388 e. The van der Waals surface area contributed by atoms with Crippen LogP contribution >= 0.6 is 23.2 Å². The summed E-state index contributed by atoms with van der Waals surface area (Å²) >= 11 is 10.1. The number of pyridine rings is 1.